The van der Waals surface area contributed by atoms with Crippen LogP contribution < -0.4 is 0 Å². The molecule has 0 heterocycles. The van der Waals surface area contributed by atoms with Gasteiger partial charge in [-0.25, -0.2) is 0 Å². The summed E-state index contributed by atoms with van der Waals surface area (Å²) in [5.41, 5.74) is 0.333. The van der Waals surface area contributed by atoms with Gasteiger partial charge in [0, 0.05) is 12.5 Å². The second kappa shape index (κ2) is 5.55. The van der Waals surface area contributed by atoms with Crippen molar-refractivity contribution in [1.29, 1.82) is 0 Å². The zero-order valence-electron chi connectivity index (χ0n) is 12.6. The molecule has 3 heteroatoms. The van der Waals surface area contributed by atoms with Gasteiger partial charge in [0.1, 0.15) is 6.79 Å². The van der Waals surface area contributed by atoms with Gasteiger partial charge in [-0.1, -0.05) is 26.0 Å². The van der Waals surface area contributed by atoms with E-state index in [0.717, 1.165) is 38.5 Å². The lowest BCUT2D eigenvalue weighted by Gasteiger charge is -2.54. The average Bonchev–Trinajstić information content (AvgIpc) is 2.42. The molecule has 0 unspecified atom stereocenters. The second-order valence-corrected chi connectivity index (χ2v) is 6.84. The molecule has 110 valence electrons. The summed E-state index contributed by atoms with van der Waals surface area (Å²) in [4.78, 5) is 0. The fraction of sp³-hybridized carbons (Fsp3) is 0.875. The molecule has 19 heavy (non-hydrogen) atoms. The average molecular weight is 268 g/mol. The first-order valence-corrected chi connectivity index (χ1v) is 7.41. The van der Waals surface area contributed by atoms with Gasteiger partial charge in [-0.2, -0.15) is 0 Å². The van der Waals surface area contributed by atoms with Crippen molar-refractivity contribution < 1.29 is 14.6 Å². The standard InChI is InChI=1S/C16H28O3/c1-12-6-5-7-15(3)14(19-11-18-4)8-13(2)10-16(15,17)9-12/h13-14,17H,1,5-11H2,2-4H3/t13-,14+,15+,16+/m0/s1. The summed E-state index contributed by atoms with van der Waals surface area (Å²) in [6.45, 7) is 8.83. The third-order valence-electron chi connectivity index (χ3n) is 5.23. The van der Waals surface area contributed by atoms with Gasteiger partial charge in [0.15, 0.2) is 0 Å². The van der Waals surface area contributed by atoms with E-state index in [-0.39, 0.29) is 11.5 Å². The van der Waals surface area contributed by atoms with Gasteiger partial charge < -0.3 is 14.6 Å². The highest BCUT2D eigenvalue weighted by atomic mass is 16.7. The molecule has 0 aromatic heterocycles. The summed E-state index contributed by atoms with van der Waals surface area (Å²) >= 11 is 0. The van der Waals surface area contributed by atoms with Crippen LogP contribution in [0.15, 0.2) is 12.2 Å². The van der Waals surface area contributed by atoms with E-state index in [2.05, 4.69) is 20.4 Å². The van der Waals surface area contributed by atoms with Crippen LogP contribution in [0.5, 0.6) is 0 Å². The molecule has 4 atom stereocenters. The number of fused-ring (bicyclic) bond motifs is 1. The number of methoxy groups -OCH3 is 1. The van der Waals surface area contributed by atoms with E-state index in [0.29, 0.717) is 12.7 Å². The van der Waals surface area contributed by atoms with Crippen LogP contribution >= 0.6 is 0 Å². The predicted octanol–water partition coefficient (Wildman–Crippen LogP) is 3.27. The van der Waals surface area contributed by atoms with E-state index < -0.39 is 5.60 Å². The molecule has 0 saturated heterocycles. The van der Waals surface area contributed by atoms with Crippen molar-refractivity contribution in [3.63, 3.8) is 0 Å². The molecule has 2 fully saturated rings. The summed E-state index contributed by atoms with van der Waals surface area (Å²) in [5.74, 6) is 0.478. The fourth-order valence-electron chi connectivity index (χ4n) is 4.10. The molecular weight excluding hydrogens is 240 g/mol. The molecule has 3 nitrogen and oxygen atoms in total. The Bertz CT molecular complexity index is 341. The summed E-state index contributed by atoms with van der Waals surface area (Å²) in [6.07, 6.45) is 5.79. The quantitative estimate of drug-likeness (QED) is 0.630. The Labute approximate surface area is 117 Å². The Kier molecular flexibility index (Phi) is 4.38. The van der Waals surface area contributed by atoms with Gasteiger partial charge in [0.2, 0.25) is 0 Å². The smallest absolute Gasteiger partial charge is 0.146 e. The van der Waals surface area contributed by atoms with Gasteiger partial charge in [-0.3, -0.25) is 0 Å². The fourth-order valence-corrected chi connectivity index (χ4v) is 4.10. The number of rotatable bonds is 3. The Hall–Kier alpha value is -0.380. The Morgan fingerprint density at radius 3 is 2.89 bits per heavy atom. The van der Waals surface area contributed by atoms with Crippen LogP contribution in [0.1, 0.15) is 52.4 Å². The molecule has 0 bridgehead atoms. The molecular formula is C16H28O3. The summed E-state index contributed by atoms with van der Waals surface area (Å²) in [5, 5.41) is 11.3. The van der Waals surface area contributed by atoms with Crippen LogP contribution in [0.4, 0.5) is 0 Å². The lowest BCUT2D eigenvalue weighted by molar-refractivity contribution is -0.214. The van der Waals surface area contributed by atoms with Gasteiger partial charge in [0.05, 0.1) is 11.7 Å². The van der Waals surface area contributed by atoms with Gasteiger partial charge in [-0.15, -0.1) is 0 Å². The van der Waals surface area contributed by atoms with Crippen LogP contribution in [0.3, 0.4) is 0 Å². The Balaban J connectivity index is 2.28. The van der Waals surface area contributed by atoms with Crippen molar-refractivity contribution in [2.75, 3.05) is 13.9 Å². The van der Waals surface area contributed by atoms with Crippen LogP contribution in [0, 0.1) is 11.3 Å². The first kappa shape index (κ1) is 15.0. The lowest BCUT2D eigenvalue weighted by Crippen LogP contribution is -2.58. The number of ether oxygens (including phenoxy) is 2. The first-order valence-electron chi connectivity index (χ1n) is 7.41. The zero-order valence-corrected chi connectivity index (χ0v) is 12.6. The van der Waals surface area contributed by atoms with Crippen LogP contribution in [-0.2, 0) is 9.47 Å². The molecule has 0 spiro atoms. The van der Waals surface area contributed by atoms with Gasteiger partial charge >= 0.3 is 0 Å². The maximum atomic E-state index is 11.3. The molecule has 2 aliphatic carbocycles. The molecule has 0 radical (unpaired) electrons. The predicted molar refractivity (Wildman–Crippen MR) is 75.8 cm³/mol. The van der Waals surface area contributed by atoms with E-state index >= 15 is 0 Å². The molecule has 2 rings (SSSR count). The molecule has 0 aromatic rings. The zero-order chi connectivity index (χ0) is 14.1. The van der Waals surface area contributed by atoms with E-state index in [1.54, 1.807) is 7.11 Å². The SMILES string of the molecule is C=C1CCC[C@]2(C)[C@H](OCOC)C[C@H](C)C[C@]2(O)C1. The normalized spacial score (nSPS) is 43.7. The molecule has 2 aliphatic rings. The number of hydrogen-bond donors (Lipinski definition) is 1. The molecule has 0 aliphatic heterocycles. The van der Waals surface area contributed by atoms with E-state index in [1.165, 1.54) is 5.57 Å². The second-order valence-electron chi connectivity index (χ2n) is 6.84. The number of aliphatic hydroxyl groups is 1. The van der Waals surface area contributed by atoms with Gasteiger partial charge in [0.25, 0.3) is 0 Å². The Morgan fingerprint density at radius 2 is 2.21 bits per heavy atom. The summed E-state index contributed by atoms with van der Waals surface area (Å²) in [6, 6.07) is 0. The van der Waals surface area contributed by atoms with Crippen molar-refractivity contribution >= 4 is 0 Å². The topological polar surface area (TPSA) is 38.7 Å². The third-order valence-corrected chi connectivity index (χ3v) is 5.23. The van der Waals surface area contributed by atoms with Crippen LogP contribution in [0.25, 0.3) is 0 Å². The minimum absolute atomic E-state index is 0.0760. The van der Waals surface area contributed by atoms with E-state index in [1.807, 2.05) is 0 Å². The first-order chi connectivity index (χ1) is 8.91. The van der Waals surface area contributed by atoms with Crippen molar-refractivity contribution in [1.82, 2.24) is 0 Å². The molecule has 2 saturated carbocycles. The molecule has 0 amide bonds. The maximum Gasteiger partial charge on any atom is 0.146 e. The largest absolute Gasteiger partial charge is 0.389 e. The molecule has 1 N–H and O–H groups in total. The van der Waals surface area contributed by atoms with Crippen LogP contribution in [-0.4, -0.2) is 30.7 Å². The Morgan fingerprint density at radius 1 is 1.47 bits per heavy atom. The van der Waals surface area contributed by atoms with Gasteiger partial charge in [-0.05, 0) is 44.4 Å². The van der Waals surface area contributed by atoms with E-state index in [4.69, 9.17) is 9.47 Å². The number of hydrogen-bond acceptors (Lipinski definition) is 3. The summed E-state index contributed by atoms with van der Waals surface area (Å²) < 4.78 is 11.0. The summed E-state index contributed by atoms with van der Waals surface area (Å²) in [7, 11) is 1.65. The minimum atomic E-state index is -0.670. The highest BCUT2D eigenvalue weighted by Crippen LogP contribution is 2.54. The third kappa shape index (κ3) is 2.74. The van der Waals surface area contributed by atoms with Crippen molar-refractivity contribution in [3.8, 4) is 0 Å². The molecule has 0 aromatic carbocycles. The van der Waals surface area contributed by atoms with Crippen molar-refractivity contribution in [3.05, 3.63) is 12.2 Å². The lowest BCUT2D eigenvalue weighted by atomic mass is 9.57. The highest BCUT2D eigenvalue weighted by molar-refractivity contribution is 5.14. The van der Waals surface area contributed by atoms with Crippen molar-refractivity contribution in [2.45, 2.75) is 64.1 Å². The highest BCUT2D eigenvalue weighted by Gasteiger charge is 2.56. The minimum Gasteiger partial charge on any atom is -0.389 e. The monoisotopic (exact) mass is 268 g/mol. The van der Waals surface area contributed by atoms with E-state index in [9.17, 15) is 5.11 Å². The van der Waals surface area contributed by atoms with Crippen molar-refractivity contribution in [2.24, 2.45) is 11.3 Å². The van der Waals surface area contributed by atoms with Crippen LogP contribution in [0.2, 0.25) is 0 Å². The maximum absolute atomic E-state index is 11.3.